The fourth-order valence-corrected chi connectivity index (χ4v) is 4.58. The SMILES string of the molecule is CC(C)(C)NC(=O)C(=O)[C@H](C[C@@H]1CCNC1=O)NC(=O)[C@H](Cc1ccccc1)NC(=O)c1cnc2ccccc2n1. The van der Waals surface area contributed by atoms with E-state index in [1.807, 2.05) is 36.4 Å². The summed E-state index contributed by atoms with van der Waals surface area (Å²) >= 11 is 0. The highest BCUT2D eigenvalue weighted by molar-refractivity contribution is 6.38. The van der Waals surface area contributed by atoms with Gasteiger partial charge in [0.1, 0.15) is 11.7 Å². The van der Waals surface area contributed by atoms with Gasteiger partial charge in [-0.1, -0.05) is 42.5 Å². The minimum atomic E-state index is -1.27. The van der Waals surface area contributed by atoms with Gasteiger partial charge in [-0.2, -0.15) is 0 Å². The molecule has 0 saturated carbocycles. The predicted molar refractivity (Wildman–Crippen MR) is 152 cm³/mol. The Bertz CT molecular complexity index is 1450. The molecular formula is C30H34N6O5. The number of carbonyl (C=O) groups excluding carboxylic acids is 5. The molecule has 3 atom stereocenters. The number of hydrogen-bond acceptors (Lipinski definition) is 7. The Hall–Kier alpha value is -4.67. The molecule has 2 heterocycles. The van der Waals surface area contributed by atoms with Crippen LogP contribution in [0.15, 0.2) is 60.8 Å². The molecule has 0 unspecified atom stereocenters. The van der Waals surface area contributed by atoms with Crippen LogP contribution in [0.1, 0.15) is 49.7 Å². The predicted octanol–water partition coefficient (Wildman–Crippen LogP) is 1.47. The molecule has 0 spiro atoms. The molecule has 1 saturated heterocycles. The molecular weight excluding hydrogens is 524 g/mol. The molecule has 0 aliphatic carbocycles. The van der Waals surface area contributed by atoms with Crippen LogP contribution in [0.4, 0.5) is 0 Å². The molecule has 11 heteroatoms. The molecule has 11 nitrogen and oxygen atoms in total. The molecule has 1 aliphatic heterocycles. The van der Waals surface area contributed by atoms with Crippen LogP contribution < -0.4 is 21.3 Å². The average molecular weight is 559 g/mol. The lowest BCUT2D eigenvalue weighted by molar-refractivity contribution is -0.141. The van der Waals surface area contributed by atoms with Gasteiger partial charge in [-0.05, 0) is 51.3 Å². The third-order valence-corrected chi connectivity index (χ3v) is 6.61. The average Bonchev–Trinajstić information content (AvgIpc) is 3.35. The molecule has 214 valence electrons. The van der Waals surface area contributed by atoms with E-state index in [1.165, 1.54) is 6.20 Å². The van der Waals surface area contributed by atoms with E-state index in [-0.39, 0.29) is 24.4 Å². The van der Waals surface area contributed by atoms with Gasteiger partial charge < -0.3 is 21.3 Å². The van der Waals surface area contributed by atoms with Crippen molar-refractivity contribution in [2.45, 2.75) is 57.7 Å². The second-order valence-electron chi connectivity index (χ2n) is 11.1. The summed E-state index contributed by atoms with van der Waals surface area (Å²) in [6.45, 7) is 5.65. The fourth-order valence-electron chi connectivity index (χ4n) is 4.58. The summed E-state index contributed by atoms with van der Waals surface area (Å²) in [6.07, 6.45) is 1.87. The quantitative estimate of drug-likeness (QED) is 0.274. The van der Waals surface area contributed by atoms with Crippen molar-refractivity contribution in [3.05, 3.63) is 72.1 Å². The molecule has 41 heavy (non-hydrogen) atoms. The first-order valence-electron chi connectivity index (χ1n) is 13.5. The molecule has 4 N–H and O–H groups in total. The molecule has 3 aromatic rings. The van der Waals surface area contributed by atoms with Crippen LogP contribution in [0, 0.1) is 5.92 Å². The van der Waals surface area contributed by atoms with E-state index >= 15 is 0 Å². The maximum atomic E-state index is 13.7. The van der Waals surface area contributed by atoms with E-state index < -0.39 is 47.0 Å². The van der Waals surface area contributed by atoms with Gasteiger partial charge in [0.15, 0.2) is 0 Å². The maximum Gasteiger partial charge on any atom is 0.290 e. The number of rotatable bonds is 10. The Morgan fingerprint density at radius 2 is 1.63 bits per heavy atom. The zero-order valence-corrected chi connectivity index (χ0v) is 23.3. The van der Waals surface area contributed by atoms with E-state index in [9.17, 15) is 24.0 Å². The van der Waals surface area contributed by atoms with Crippen molar-refractivity contribution in [3.8, 4) is 0 Å². The van der Waals surface area contributed by atoms with Gasteiger partial charge in [-0.25, -0.2) is 4.98 Å². The van der Waals surface area contributed by atoms with Crippen molar-refractivity contribution in [3.63, 3.8) is 0 Å². The maximum absolute atomic E-state index is 13.7. The van der Waals surface area contributed by atoms with Gasteiger partial charge in [-0.15, -0.1) is 0 Å². The molecule has 0 radical (unpaired) electrons. The zero-order valence-electron chi connectivity index (χ0n) is 23.3. The minimum absolute atomic E-state index is 0.0226. The third kappa shape index (κ3) is 7.93. The highest BCUT2D eigenvalue weighted by Gasteiger charge is 2.36. The molecule has 4 amide bonds. The number of aromatic nitrogens is 2. The van der Waals surface area contributed by atoms with Crippen LogP contribution in [-0.2, 0) is 25.6 Å². The van der Waals surface area contributed by atoms with Crippen molar-refractivity contribution in [2.75, 3.05) is 6.54 Å². The van der Waals surface area contributed by atoms with E-state index in [0.717, 1.165) is 5.56 Å². The van der Waals surface area contributed by atoms with Crippen LogP contribution in [-0.4, -0.2) is 63.5 Å². The van der Waals surface area contributed by atoms with E-state index in [2.05, 4.69) is 31.2 Å². The summed E-state index contributed by atoms with van der Waals surface area (Å²) < 4.78 is 0. The Kier molecular flexibility index (Phi) is 9.06. The van der Waals surface area contributed by atoms with E-state index in [0.29, 0.717) is 24.0 Å². The lowest BCUT2D eigenvalue weighted by Crippen LogP contribution is -2.56. The number of amides is 4. The summed E-state index contributed by atoms with van der Waals surface area (Å²) in [5.74, 6) is -3.80. The van der Waals surface area contributed by atoms with Gasteiger partial charge >= 0.3 is 0 Å². The second kappa shape index (κ2) is 12.7. The molecule has 1 fully saturated rings. The monoisotopic (exact) mass is 558 g/mol. The lowest BCUT2D eigenvalue weighted by atomic mass is 9.94. The zero-order chi connectivity index (χ0) is 29.6. The minimum Gasteiger partial charge on any atom is -0.356 e. The molecule has 4 rings (SSSR count). The number of para-hydroxylation sites is 2. The van der Waals surface area contributed by atoms with Crippen molar-refractivity contribution >= 4 is 40.4 Å². The number of nitrogens with zero attached hydrogens (tertiary/aromatic N) is 2. The number of benzene rings is 2. The first-order chi connectivity index (χ1) is 19.5. The smallest absolute Gasteiger partial charge is 0.290 e. The number of Topliss-reactive ketones (excluding diaryl/α,β-unsaturated/α-hetero) is 1. The highest BCUT2D eigenvalue weighted by atomic mass is 16.2. The third-order valence-electron chi connectivity index (χ3n) is 6.61. The number of nitrogens with one attached hydrogen (secondary N) is 4. The lowest BCUT2D eigenvalue weighted by Gasteiger charge is -2.26. The molecule has 1 aliphatic rings. The van der Waals surface area contributed by atoms with Gasteiger partial charge in [-0.3, -0.25) is 29.0 Å². The number of fused-ring (bicyclic) bond motifs is 1. The van der Waals surface area contributed by atoms with Gasteiger partial charge in [0.05, 0.1) is 23.3 Å². The summed E-state index contributed by atoms with van der Waals surface area (Å²) in [5.41, 5.74) is 1.25. The Morgan fingerprint density at radius 1 is 0.951 bits per heavy atom. The number of ketones is 1. The molecule has 1 aromatic heterocycles. The Balaban J connectivity index is 1.58. The number of hydrogen-bond donors (Lipinski definition) is 4. The fraction of sp³-hybridized carbons (Fsp3) is 0.367. The highest BCUT2D eigenvalue weighted by Crippen LogP contribution is 2.18. The van der Waals surface area contributed by atoms with Crippen LogP contribution >= 0.6 is 0 Å². The van der Waals surface area contributed by atoms with Crippen LogP contribution in [0.3, 0.4) is 0 Å². The second-order valence-corrected chi connectivity index (χ2v) is 11.1. The molecule has 2 aromatic carbocycles. The Labute approximate surface area is 237 Å². The summed E-state index contributed by atoms with van der Waals surface area (Å²) in [6, 6.07) is 13.8. The van der Waals surface area contributed by atoms with Crippen LogP contribution in [0.5, 0.6) is 0 Å². The first-order valence-corrected chi connectivity index (χ1v) is 13.5. The van der Waals surface area contributed by atoms with Crippen molar-refractivity contribution in [1.29, 1.82) is 0 Å². The van der Waals surface area contributed by atoms with E-state index in [4.69, 9.17) is 0 Å². The van der Waals surface area contributed by atoms with Crippen molar-refractivity contribution in [1.82, 2.24) is 31.2 Å². The summed E-state index contributed by atoms with van der Waals surface area (Å²) in [4.78, 5) is 73.8. The topological polar surface area (TPSA) is 159 Å². The van der Waals surface area contributed by atoms with Gasteiger partial charge in [0, 0.05) is 24.4 Å². The Morgan fingerprint density at radius 3 is 2.29 bits per heavy atom. The summed E-state index contributed by atoms with van der Waals surface area (Å²) in [7, 11) is 0. The normalized spacial score (nSPS) is 16.4. The largest absolute Gasteiger partial charge is 0.356 e. The standard InChI is InChI=1S/C30H34N6O5/c1-30(2,3)36-29(41)25(37)22(16-19-13-14-31-26(19)38)34-27(39)23(15-18-9-5-4-6-10-18)35-28(40)24-17-32-20-11-7-8-12-21(20)33-24/h4-12,17,19,22-23H,13-16H2,1-3H3,(H,31,38)(H,34,39)(H,35,40)(H,36,41)/t19-,22-,23-/m0/s1. The van der Waals surface area contributed by atoms with Gasteiger partial charge in [0.25, 0.3) is 11.8 Å². The van der Waals surface area contributed by atoms with Crippen molar-refractivity contribution in [2.24, 2.45) is 5.92 Å². The van der Waals surface area contributed by atoms with Gasteiger partial charge in [0.2, 0.25) is 17.6 Å². The summed E-state index contributed by atoms with van der Waals surface area (Å²) in [5, 5.41) is 10.7. The van der Waals surface area contributed by atoms with Crippen LogP contribution in [0.2, 0.25) is 0 Å². The van der Waals surface area contributed by atoms with Crippen molar-refractivity contribution < 1.29 is 24.0 Å². The first kappa shape index (κ1) is 29.3. The van der Waals surface area contributed by atoms with Crippen LogP contribution in [0.25, 0.3) is 11.0 Å². The molecule has 0 bridgehead atoms. The number of carbonyl (C=O) groups is 5. The van der Waals surface area contributed by atoms with E-state index in [1.54, 1.807) is 39.0 Å².